The summed E-state index contributed by atoms with van der Waals surface area (Å²) in [5.74, 6) is 0. The summed E-state index contributed by atoms with van der Waals surface area (Å²) in [6.07, 6.45) is 0. The van der Waals surface area contributed by atoms with Gasteiger partial charge in [0.1, 0.15) is 0 Å². The van der Waals surface area contributed by atoms with Crippen molar-refractivity contribution in [2.24, 2.45) is 0 Å². The molecule has 12 rings (SSSR count). The van der Waals surface area contributed by atoms with Crippen LogP contribution in [0.2, 0.25) is 0 Å². The minimum Gasteiger partial charge on any atom is -0.0622 e. The maximum Gasteiger partial charge on any atom is -0.0134 e. The van der Waals surface area contributed by atoms with Gasteiger partial charge in [0, 0.05) is 21.1 Å². The van der Waals surface area contributed by atoms with Crippen molar-refractivity contribution in [3.8, 4) is 0 Å². The summed E-state index contributed by atoms with van der Waals surface area (Å²) < 4.78 is 7.77. The SMILES string of the molecule is [Pt].[c-]1ccccc1.c1cc[c]([Pb]([c]2ccccc2)[c]2ccccc2)cc1.c1cc[c]([Pb][c]2ccccc2)cc1.c1ccc(P(c2ccccc2)c2ccccc2)cc1.c1ccc(P(c2ccccc2)c2ccccc2)cc1. The molecule has 377 valence electrons. The van der Waals surface area contributed by atoms with Crippen molar-refractivity contribution in [3.63, 3.8) is 0 Å². The summed E-state index contributed by atoms with van der Waals surface area (Å²) in [7, 11) is -0.892. The molecule has 0 fully saturated rings. The molecule has 0 aliphatic heterocycles. The van der Waals surface area contributed by atoms with Gasteiger partial charge in [0.25, 0.3) is 0 Å². The normalized spacial score (nSPS) is 10.1. The first-order valence-corrected chi connectivity index (χ1v) is 37.9. The zero-order valence-electron chi connectivity index (χ0n) is 42.9. The number of benzene rings is 12. The summed E-state index contributed by atoms with van der Waals surface area (Å²) in [5, 5.41) is 8.39. The predicted molar refractivity (Wildman–Crippen MR) is 337 cm³/mol. The molecule has 77 heavy (non-hydrogen) atoms. The fourth-order valence-corrected chi connectivity index (χ4v) is 26.9. The van der Waals surface area contributed by atoms with Gasteiger partial charge in [-0.05, 0) is 47.7 Å². The molecule has 0 aliphatic carbocycles. The Morgan fingerprint density at radius 3 is 0.584 bits per heavy atom. The summed E-state index contributed by atoms with van der Waals surface area (Å²) in [4.78, 5) is 0. The van der Waals surface area contributed by atoms with E-state index in [9.17, 15) is 0 Å². The van der Waals surface area contributed by atoms with Crippen LogP contribution in [0, 0.1) is 6.07 Å². The van der Waals surface area contributed by atoms with Gasteiger partial charge in [-0.1, -0.05) is 182 Å². The van der Waals surface area contributed by atoms with Crippen LogP contribution in [0.15, 0.2) is 364 Å². The van der Waals surface area contributed by atoms with Crippen LogP contribution in [0.1, 0.15) is 0 Å². The first-order valence-electron chi connectivity index (χ1n) is 25.5. The van der Waals surface area contributed by atoms with E-state index in [1.165, 1.54) is 31.8 Å². The van der Waals surface area contributed by atoms with Crippen LogP contribution in [0.5, 0.6) is 0 Å². The van der Waals surface area contributed by atoms with Gasteiger partial charge in [-0.15, -0.1) is 0 Å². The largest absolute Gasteiger partial charge is 0.0622 e. The molecule has 0 nitrogen and oxygen atoms in total. The molecule has 0 unspecified atom stereocenters. The molecule has 3 radical (unpaired) electrons. The van der Waals surface area contributed by atoms with Gasteiger partial charge in [0.15, 0.2) is 0 Å². The Bertz CT molecular complexity index is 2710. The molecule has 5 heteroatoms. The van der Waals surface area contributed by atoms with E-state index in [1.54, 1.807) is 15.6 Å². The summed E-state index contributed by atoms with van der Waals surface area (Å²) in [6.45, 7) is 0. The molecular formula is C72H60P2Pb2Pt-. The molecule has 12 aromatic rings. The number of hydrogen-bond acceptors (Lipinski definition) is 0. The molecule has 12 aromatic carbocycles. The average Bonchev–Trinajstić information content (AvgIpc) is 3.52. The second-order valence-electron chi connectivity index (χ2n) is 17.1. The van der Waals surface area contributed by atoms with Crippen molar-refractivity contribution in [3.05, 3.63) is 370 Å². The number of rotatable bonds is 11. The van der Waals surface area contributed by atoms with Gasteiger partial charge < -0.3 is 0 Å². The molecule has 0 heterocycles. The molecule has 0 saturated carbocycles. The van der Waals surface area contributed by atoms with Crippen LogP contribution in [0.25, 0.3) is 0 Å². The Morgan fingerprint density at radius 1 is 0.221 bits per heavy atom. The van der Waals surface area contributed by atoms with Crippen LogP contribution in [-0.2, 0) is 21.1 Å². The molecule has 0 saturated heterocycles. The molecule has 0 amide bonds. The number of hydrogen-bond donors (Lipinski definition) is 0. The molecular weight excluding hydrogens is 1540 g/mol. The van der Waals surface area contributed by atoms with Gasteiger partial charge in [-0.2, -0.15) is 36.4 Å². The van der Waals surface area contributed by atoms with Crippen LogP contribution < -0.4 is 47.4 Å². The van der Waals surface area contributed by atoms with E-state index in [1.807, 2.05) is 30.3 Å². The van der Waals surface area contributed by atoms with Crippen molar-refractivity contribution in [1.82, 2.24) is 0 Å². The molecule has 0 spiro atoms. The monoisotopic (exact) mass is 1600 g/mol. The minimum absolute atomic E-state index is 0. The standard InChI is InChI=1S/2C18H15P.6C6H5.2Pb.Pt/c2*1-4-10-16(11-5-1)19(17-12-6-2-7-13-17)18-14-8-3-9-15-18;6*1-2-4-6-5-3-1;;;/h2*1-15H;6*1-5H;;;/q;;;;;;;-1;;;. The molecule has 0 atom stereocenters. The Kier molecular flexibility index (Phi) is 26.5. The Balaban J connectivity index is 0.000000144. The Labute approximate surface area is 496 Å². The van der Waals surface area contributed by atoms with Crippen LogP contribution in [-0.4, -0.2) is 46.9 Å². The third kappa shape index (κ3) is 19.8. The minimum atomic E-state index is -2.17. The van der Waals surface area contributed by atoms with Crippen LogP contribution in [0.4, 0.5) is 0 Å². The van der Waals surface area contributed by atoms with E-state index in [0.717, 1.165) is 0 Å². The molecule has 0 bridgehead atoms. The zero-order valence-corrected chi connectivity index (χ0v) is 54.7. The fraction of sp³-hybridized carbons (Fsp3) is 0. The van der Waals surface area contributed by atoms with Crippen molar-refractivity contribution in [2.45, 2.75) is 0 Å². The van der Waals surface area contributed by atoms with Gasteiger partial charge in [0.2, 0.25) is 0 Å². The Morgan fingerprint density at radius 2 is 0.403 bits per heavy atom. The second-order valence-corrected chi connectivity index (χ2v) is 36.6. The third-order valence-electron chi connectivity index (χ3n) is 11.7. The second kappa shape index (κ2) is 34.7. The smallest absolute Gasteiger partial charge is 0.0134 e. The third-order valence-corrected chi connectivity index (χ3v) is 32.1. The molecule has 0 aliphatic rings. The van der Waals surface area contributed by atoms with Gasteiger partial charge >= 0.3 is 214 Å². The topological polar surface area (TPSA) is 0 Å². The van der Waals surface area contributed by atoms with E-state index >= 15 is 0 Å². The predicted octanol–water partition coefficient (Wildman–Crippen LogP) is 11.9. The fourth-order valence-electron chi connectivity index (χ4n) is 8.22. The first-order chi connectivity index (χ1) is 37.8. The van der Waals surface area contributed by atoms with Crippen LogP contribution >= 0.6 is 15.8 Å². The molecule has 0 N–H and O–H groups in total. The van der Waals surface area contributed by atoms with Crippen molar-refractivity contribution >= 4 is 110 Å². The summed E-state index contributed by atoms with van der Waals surface area (Å²) >= 11 is -2.91. The first kappa shape index (κ1) is 58.7. The van der Waals surface area contributed by atoms with E-state index < -0.39 is 62.8 Å². The van der Waals surface area contributed by atoms with Crippen molar-refractivity contribution in [2.75, 3.05) is 0 Å². The van der Waals surface area contributed by atoms with Crippen molar-refractivity contribution in [1.29, 1.82) is 0 Å². The maximum atomic E-state index is 2.89. The quantitative estimate of drug-likeness (QED) is 0.0688. The average molecular weight is 1600 g/mol. The zero-order chi connectivity index (χ0) is 51.9. The molecule has 0 aromatic heterocycles. The van der Waals surface area contributed by atoms with Crippen molar-refractivity contribution < 1.29 is 21.1 Å². The Hall–Kier alpha value is -5.97. The van der Waals surface area contributed by atoms with E-state index in [4.69, 9.17) is 0 Å². The van der Waals surface area contributed by atoms with Gasteiger partial charge in [-0.3, -0.25) is 0 Å². The van der Waals surface area contributed by atoms with E-state index in [2.05, 4.69) is 340 Å². The summed E-state index contributed by atoms with van der Waals surface area (Å²) in [5.41, 5.74) is 0. The van der Waals surface area contributed by atoms with Gasteiger partial charge in [0.05, 0.1) is 0 Å². The van der Waals surface area contributed by atoms with E-state index in [-0.39, 0.29) is 21.1 Å². The van der Waals surface area contributed by atoms with Crippen LogP contribution in [0.3, 0.4) is 0 Å². The summed E-state index contributed by atoms with van der Waals surface area (Å²) in [6, 6.07) is 132. The van der Waals surface area contributed by atoms with Gasteiger partial charge in [-0.25, -0.2) is 0 Å². The maximum absolute atomic E-state index is 2.89. The van der Waals surface area contributed by atoms with E-state index in [0.29, 0.717) is 0 Å².